The average Bonchev–Trinajstić information content (AvgIpc) is 2.74. The number of rotatable bonds is 8. The van der Waals surface area contributed by atoms with Gasteiger partial charge in [-0.2, -0.15) is 0 Å². The van der Waals surface area contributed by atoms with Gasteiger partial charge in [-0.3, -0.25) is 4.79 Å². The van der Waals surface area contributed by atoms with Crippen LogP contribution in [0.4, 0.5) is 0 Å². The number of hydrogen-bond acceptors (Lipinski definition) is 1. The molecule has 0 radical (unpaired) electrons. The van der Waals surface area contributed by atoms with Crippen LogP contribution < -0.4 is 0 Å². The second kappa shape index (κ2) is 9.89. The van der Waals surface area contributed by atoms with Crippen LogP contribution in [-0.4, -0.2) is 17.4 Å². The highest BCUT2D eigenvalue weighted by atomic mass is 16.2. The molecule has 0 spiro atoms. The Morgan fingerprint density at radius 3 is 1.86 bits per heavy atom. The maximum atomic E-state index is 13.1. The molecule has 3 aromatic rings. The highest BCUT2D eigenvalue weighted by Gasteiger charge is 2.24. The van der Waals surface area contributed by atoms with Gasteiger partial charge in [0.15, 0.2) is 0 Å². The first kappa shape index (κ1) is 19.9. The van der Waals surface area contributed by atoms with Gasteiger partial charge in [0, 0.05) is 13.0 Å². The van der Waals surface area contributed by atoms with Gasteiger partial charge in [-0.1, -0.05) is 90.5 Å². The van der Waals surface area contributed by atoms with Gasteiger partial charge >= 0.3 is 0 Å². The molecule has 2 heteroatoms. The molecule has 0 aliphatic carbocycles. The van der Waals surface area contributed by atoms with Crippen molar-refractivity contribution < 1.29 is 4.79 Å². The average molecular weight is 372 g/mol. The van der Waals surface area contributed by atoms with Gasteiger partial charge in [-0.05, 0) is 43.4 Å². The summed E-state index contributed by atoms with van der Waals surface area (Å²) in [7, 11) is 0. The van der Waals surface area contributed by atoms with Crippen LogP contribution in [0.25, 0.3) is 0 Å². The fourth-order valence-electron chi connectivity index (χ4n) is 3.67. The van der Waals surface area contributed by atoms with E-state index in [0.717, 1.165) is 24.0 Å². The molecule has 0 N–H and O–H groups in total. The molecule has 0 atom stereocenters. The zero-order valence-electron chi connectivity index (χ0n) is 16.8. The molecule has 3 aromatic carbocycles. The van der Waals surface area contributed by atoms with Gasteiger partial charge in [0.05, 0.1) is 6.04 Å². The van der Waals surface area contributed by atoms with Gasteiger partial charge in [0.2, 0.25) is 5.91 Å². The fraction of sp³-hybridized carbons (Fsp3) is 0.269. The maximum absolute atomic E-state index is 13.1. The predicted octanol–water partition coefficient (Wildman–Crippen LogP) is 5.96. The first-order chi connectivity index (χ1) is 13.7. The van der Waals surface area contributed by atoms with Crippen molar-refractivity contribution in [3.8, 4) is 0 Å². The van der Waals surface area contributed by atoms with E-state index in [1.807, 2.05) is 41.3 Å². The Morgan fingerprint density at radius 1 is 0.821 bits per heavy atom. The van der Waals surface area contributed by atoms with Crippen LogP contribution in [0.3, 0.4) is 0 Å². The Labute approximate surface area is 168 Å². The van der Waals surface area contributed by atoms with Crippen LogP contribution in [0.1, 0.15) is 48.1 Å². The lowest BCUT2D eigenvalue weighted by molar-refractivity contribution is -0.132. The number of carbonyl (C=O) groups is 1. The van der Waals surface area contributed by atoms with Crippen molar-refractivity contribution in [3.05, 3.63) is 107 Å². The first-order valence-electron chi connectivity index (χ1n) is 10.1. The molecular weight excluding hydrogens is 342 g/mol. The van der Waals surface area contributed by atoms with Crippen molar-refractivity contribution in [2.75, 3.05) is 6.54 Å². The van der Waals surface area contributed by atoms with Crippen LogP contribution in [0.15, 0.2) is 84.9 Å². The molecule has 0 unspecified atom stereocenters. The molecule has 3 rings (SSSR count). The Hall–Kier alpha value is -2.87. The second-order valence-corrected chi connectivity index (χ2v) is 7.24. The molecular formula is C26H29NO. The van der Waals surface area contributed by atoms with Crippen LogP contribution in [0.2, 0.25) is 0 Å². The Balaban J connectivity index is 1.74. The molecule has 0 saturated carbocycles. The van der Waals surface area contributed by atoms with Crippen molar-refractivity contribution in [3.63, 3.8) is 0 Å². The van der Waals surface area contributed by atoms with Gasteiger partial charge in [0.25, 0.3) is 0 Å². The lowest BCUT2D eigenvalue weighted by Gasteiger charge is -2.32. The largest absolute Gasteiger partial charge is 0.332 e. The number of aryl methyl sites for hydroxylation is 2. The SMILES string of the molecule is CCN(C(=O)CCCc1ccc(C)cc1)C(c1ccccc1)c1ccccc1. The van der Waals surface area contributed by atoms with Gasteiger partial charge < -0.3 is 4.90 Å². The molecule has 0 heterocycles. The van der Waals surface area contributed by atoms with E-state index >= 15 is 0 Å². The minimum absolute atomic E-state index is 0.0423. The van der Waals surface area contributed by atoms with E-state index in [-0.39, 0.29) is 11.9 Å². The summed E-state index contributed by atoms with van der Waals surface area (Å²) in [6.07, 6.45) is 2.37. The van der Waals surface area contributed by atoms with Crippen molar-refractivity contribution in [2.45, 2.75) is 39.2 Å². The minimum atomic E-state index is -0.0423. The molecule has 0 aliphatic heterocycles. The molecule has 1 amide bonds. The Kier molecular flexibility index (Phi) is 7.02. The Morgan fingerprint density at radius 2 is 1.36 bits per heavy atom. The number of benzene rings is 3. The van der Waals surface area contributed by atoms with Crippen LogP contribution >= 0.6 is 0 Å². The summed E-state index contributed by atoms with van der Waals surface area (Å²) in [6, 6.07) is 29.2. The second-order valence-electron chi connectivity index (χ2n) is 7.24. The van der Waals surface area contributed by atoms with E-state index < -0.39 is 0 Å². The summed E-state index contributed by atoms with van der Waals surface area (Å²) in [5, 5.41) is 0. The highest BCUT2D eigenvalue weighted by molar-refractivity contribution is 5.77. The van der Waals surface area contributed by atoms with Crippen LogP contribution in [0, 0.1) is 6.92 Å². The number of carbonyl (C=O) groups excluding carboxylic acids is 1. The molecule has 144 valence electrons. The highest BCUT2D eigenvalue weighted by Crippen LogP contribution is 2.29. The third-order valence-corrected chi connectivity index (χ3v) is 5.18. The molecule has 0 saturated heterocycles. The van der Waals surface area contributed by atoms with Crippen molar-refractivity contribution >= 4 is 5.91 Å². The third-order valence-electron chi connectivity index (χ3n) is 5.18. The number of hydrogen-bond donors (Lipinski definition) is 0. The summed E-state index contributed by atoms with van der Waals surface area (Å²) in [5.74, 6) is 0.215. The fourth-order valence-corrected chi connectivity index (χ4v) is 3.67. The lowest BCUT2D eigenvalue weighted by atomic mass is 9.96. The standard InChI is InChI=1S/C26H29NO/c1-3-27(25(28)16-10-11-22-19-17-21(2)18-20-22)26(23-12-6-4-7-13-23)24-14-8-5-9-15-24/h4-9,12-15,17-20,26H,3,10-11,16H2,1-2H3. The normalized spacial score (nSPS) is 10.8. The molecule has 0 fully saturated rings. The zero-order valence-corrected chi connectivity index (χ0v) is 16.8. The number of nitrogens with zero attached hydrogens (tertiary/aromatic N) is 1. The molecule has 0 aliphatic rings. The van der Waals surface area contributed by atoms with Crippen LogP contribution in [0.5, 0.6) is 0 Å². The molecule has 28 heavy (non-hydrogen) atoms. The van der Waals surface area contributed by atoms with Crippen molar-refractivity contribution in [1.82, 2.24) is 4.90 Å². The van der Waals surface area contributed by atoms with Gasteiger partial charge in [0.1, 0.15) is 0 Å². The zero-order chi connectivity index (χ0) is 19.8. The summed E-state index contributed by atoms with van der Waals surface area (Å²) in [4.78, 5) is 15.1. The smallest absolute Gasteiger partial charge is 0.223 e. The summed E-state index contributed by atoms with van der Waals surface area (Å²) >= 11 is 0. The monoisotopic (exact) mass is 371 g/mol. The van der Waals surface area contributed by atoms with E-state index in [0.29, 0.717) is 13.0 Å². The maximum Gasteiger partial charge on any atom is 0.223 e. The molecule has 0 bridgehead atoms. The quantitative estimate of drug-likeness (QED) is 0.479. The summed E-state index contributed by atoms with van der Waals surface area (Å²) in [6.45, 7) is 4.86. The predicted molar refractivity (Wildman–Crippen MR) is 116 cm³/mol. The summed E-state index contributed by atoms with van der Waals surface area (Å²) < 4.78 is 0. The minimum Gasteiger partial charge on any atom is -0.332 e. The van der Waals surface area contributed by atoms with Gasteiger partial charge in [-0.15, -0.1) is 0 Å². The topological polar surface area (TPSA) is 20.3 Å². The third kappa shape index (κ3) is 5.10. The molecule has 2 nitrogen and oxygen atoms in total. The first-order valence-corrected chi connectivity index (χ1v) is 10.1. The lowest BCUT2D eigenvalue weighted by Crippen LogP contribution is -2.35. The Bertz CT molecular complexity index is 816. The van der Waals surface area contributed by atoms with E-state index in [9.17, 15) is 4.79 Å². The molecule has 0 aromatic heterocycles. The summed E-state index contributed by atoms with van der Waals surface area (Å²) in [5.41, 5.74) is 4.87. The van der Waals surface area contributed by atoms with E-state index in [4.69, 9.17) is 0 Å². The van der Waals surface area contributed by atoms with Crippen LogP contribution in [-0.2, 0) is 11.2 Å². The van der Waals surface area contributed by atoms with E-state index in [2.05, 4.69) is 62.4 Å². The van der Waals surface area contributed by atoms with E-state index in [1.54, 1.807) is 0 Å². The van der Waals surface area contributed by atoms with Gasteiger partial charge in [-0.25, -0.2) is 0 Å². The van der Waals surface area contributed by atoms with E-state index in [1.165, 1.54) is 11.1 Å². The van der Waals surface area contributed by atoms with Crippen molar-refractivity contribution in [2.24, 2.45) is 0 Å². The number of amides is 1. The van der Waals surface area contributed by atoms with Crippen molar-refractivity contribution in [1.29, 1.82) is 0 Å².